The fourth-order valence-corrected chi connectivity index (χ4v) is 21.4. The van der Waals surface area contributed by atoms with Crippen molar-refractivity contribution in [1.82, 2.24) is 37.4 Å². The van der Waals surface area contributed by atoms with Crippen LogP contribution >= 0.6 is 0 Å². The van der Waals surface area contributed by atoms with E-state index >= 15 is 0 Å². The van der Waals surface area contributed by atoms with Gasteiger partial charge in [0.05, 0.1) is 118 Å². The Bertz CT molecular complexity index is 9350. The van der Waals surface area contributed by atoms with Gasteiger partial charge in [-0.2, -0.15) is 15.8 Å². The Labute approximate surface area is 817 Å². The molecule has 680 valence electrons. The van der Waals surface area contributed by atoms with Gasteiger partial charge in [0.25, 0.3) is 0 Å². The first-order chi connectivity index (χ1) is 67.1. The van der Waals surface area contributed by atoms with Crippen molar-refractivity contribution in [3.63, 3.8) is 0 Å². The molecule has 0 aliphatic heterocycles. The van der Waals surface area contributed by atoms with Crippen molar-refractivity contribution in [2.45, 2.75) is 157 Å². The van der Waals surface area contributed by atoms with Gasteiger partial charge in [0.1, 0.15) is 18.2 Å². The minimum Gasteiger partial charge on any atom is -0.307 e. The molecule has 0 unspecified atom stereocenters. The number of terminal acetylenes is 1. The SMILES string of the molecule is C#Cc1ccc(-c2c(-n3c4ccccc4c4cc(C(C)(C)C)ccc43)c(-c3ccccc3)nc(-n3c4ccccc4c4cc(C(C)(C)C)ccc43)c2-n2c3ccccc3c3cc(C(C)(C)C)ccc32)cc1C#N.CC(C)(C)c1ccc2c(c1)c1ccccc1n2-c1cnc(-n2c3ccccc3c3cc(C(C)(C)C)ccc32)c(-n2c3ccccc3c3cc(C(C)(C)C)ccc32)c1-c1ccc(C#N)c(C#N)c1. The number of pyridine rings is 2. The van der Waals surface area contributed by atoms with Crippen molar-refractivity contribution in [3.05, 3.63) is 383 Å². The fourth-order valence-electron chi connectivity index (χ4n) is 21.4. The van der Waals surface area contributed by atoms with Crippen LogP contribution in [0.5, 0.6) is 0 Å². The van der Waals surface area contributed by atoms with Crippen molar-refractivity contribution in [2.75, 3.05) is 0 Å². The Balaban J connectivity index is 0.000000162. The number of nitrogens with zero attached hydrogens (tertiary/aromatic N) is 11. The van der Waals surface area contributed by atoms with Crippen molar-refractivity contribution < 1.29 is 0 Å². The van der Waals surface area contributed by atoms with E-state index in [2.05, 4.69) is 467 Å². The van der Waals surface area contributed by atoms with Gasteiger partial charge in [0.2, 0.25) is 0 Å². The standard InChI is InChI=1S/C68H57N5.C61H52N6/c1-11-42-29-30-44(37-45(42)41-69)61-63(71-55-26-18-15-23-49(55)52-38-46(66(2,3)4)31-34-58(52)71)62(43-21-13-12-14-22-43)70-65(73-57-28-20-17-25-51(57)54-40-48(68(8,9)10)33-36-60(54)73)64(61)72-56-27-19-16-24-50(56)53-39-47(67(5,6)7)32-35-59(53)72;1-59(2,3)40-24-27-52-46(31-40)43-16-10-13-19-49(43)65(52)55-36-64-58(67-51-21-15-12-18-45(51)48-33-42(61(7,8)9)26-29-54(48)67)57(56(55)37-22-23-38(34-62)39(30-37)35-63)66-50-20-14-11-17-44(50)47-32-41(60(4,5)6)25-28-53(47)66/h1,12-40H,2-10H3;10-33,36H,1-9H3. The van der Waals surface area contributed by atoms with Crippen LogP contribution in [0.4, 0.5) is 0 Å². The lowest BCUT2D eigenvalue weighted by Crippen LogP contribution is -2.14. The molecule has 8 heterocycles. The predicted octanol–water partition coefficient (Wildman–Crippen LogP) is 33.1. The minimum atomic E-state index is -0.0927. The van der Waals surface area contributed by atoms with Crippen LogP contribution in [0.3, 0.4) is 0 Å². The second kappa shape index (κ2) is 32.6. The van der Waals surface area contributed by atoms with Crippen LogP contribution in [0.15, 0.2) is 328 Å². The van der Waals surface area contributed by atoms with Gasteiger partial charge in [-0.1, -0.05) is 319 Å². The molecule has 0 saturated heterocycles. The lowest BCUT2D eigenvalue weighted by Gasteiger charge is -2.27. The van der Waals surface area contributed by atoms with Crippen LogP contribution in [0.25, 0.3) is 199 Å². The molecule has 140 heavy (non-hydrogen) atoms. The van der Waals surface area contributed by atoms with E-state index in [0.717, 1.165) is 199 Å². The smallest absolute Gasteiger partial charge is 0.163 e. The largest absolute Gasteiger partial charge is 0.307 e. The quantitative estimate of drug-likeness (QED) is 0.133. The summed E-state index contributed by atoms with van der Waals surface area (Å²) in [6.07, 6.45) is 8.20. The van der Waals surface area contributed by atoms with Crippen LogP contribution in [-0.2, 0) is 32.5 Å². The molecule has 11 nitrogen and oxygen atoms in total. The van der Waals surface area contributed by atoms with Crippen molar-refractivity contribution in [2.24, 2.45) is 0 Å². The zero-order valence-corrected chi connectivity index (χ0v) is 82.7. The van der Waals surface area contributed by atoms with Gasteiger partial charge in [-0.3, -0.25) is 9.13 Å². The van der Waals surface area contributed by atoms with Crippen LogP contribution < -0.4 is 0 Å². The van der Waals surface area contributed by atoms with E-state index in [4.69, 9.17) is 16.4 Å². The molecule has 0 amide bonds. The third-order valence-electron chi connectivity index (χ3n) is 28.9. The van der Waals surface area contributed by atoms with Gasteiger partial charge in [-0.15, -0.1) is 6.42 Å². The normalized spacial score (nSPS) is 12.5. The van der Waals surface area contributed by atoms with Crippen LogP contribution in [-0.4, -0.2) is 37.4 Å². The number of hydrogen-bond acceptors (Lipinski definition) is 5. The van der Waals surface area contributed by atoms with Gasteiger partial charge in [0, 0.05) is 86.9 Å². The maximum atomic E-state index is 11.0. The third-order valence-corrected chi connectivity index (χ3v) is 28.9. The zero-order chi connectivity index (χ0) is 97.4. The molecule has 0 saturated carbocycles. The number of aromatic nitrogens is 8. The third kappa shape index (κ3) is 14.3. The summed E-state index contributed by atoms with van der Waals surface area (Å²) in [5.74, 6) is 4.32. The lowest BCUT2D eigenvalue weighted by molar-refractivity contribution is 0.591. The van der Waals surface area contributed by atoms with E-state index in [1.807, 2.05) is 30.5 Å². The van der Waals surface area contributed by atoms with E-state index in [-0.39, 0.29) is 32.5 Å². The Morgan fingerprint density at radius 1 is 0.229 bits per heavy atom. The highest BCUT2D eigenvalue weighted by atomic mass is 15.2. The Morgan fingerprint density at radius 2 is 0.493 bits per heavy atom. The molecular formula is C129H109N11. The molecule has 23 rings (SSSR count). The number of benzene rings is 15. The molecule has 0 aliphatic rings. The minimum absolute atomic E-state index is 0.0610. The first-order valence-corrected chi connectivity index (χ1v) is 48.5. The highest BCUT2D eigenvalue weighted by molar-refractivity contribution is 6.18. The maximum Gasteiger partial charge on any atom is 0.163 e. The molecule has 15 aromatic carbocycles. The zero-order valence-electron chi connectivity index (χ0n) is 82.7. The molecule has 0 spiro atoms. The summed E-state index contributed by atoms with van der Waals surface area (Å²) in [5, 5.41) is 45.6. The number of para-hydroxylation sites is 6. The second-order valence-electron chi connectivity index (χ2n) is 43.9. The van der Waals surface area contributed by atoms with E-state index in [9.17, 15) is 15.8 Å². The molecule has 11 heteroatoms. The molecule has 0 N–H and O–H groups in total. The molecule has 8 aromatic heterocycles. The van der Waals surface area contributed by atoms with E-state index < -0.39 is 0 Å². The van der Waals surface area contributed by atoms with Gasteiger partial charge in [0.15, 0.2) is 11.6 Å². The predicted molar refractivity (Wildman–Crippen MR) is 585 cm³/mol. The van der Waals surface area contributed by atoms with E-state index in [1.54, 1.807) is 6.07 Å². The van der Waals surface area contributed by atoms with E-state index in [1.165, 1.54) is 33.4 Å². The average Bonchev–Trinajstić information content (AvgIpc) is 1.54. The highest BCUT2D eigenvalue weighted by Crippen LogP contribution is 2.53. The van der Waals surface area contributed by atoms with Gasteiger partial charge in [-0.05, 0) is 210 Å². The molecular weight excluding hydrogens is 1700 g/mol. The number of rotatable bonds is 9. The Kier molecular flexibility index (Phi) is 20.6. The second-order valence-corrected chi connectivity index (χ2v) is 43.9. The summed E-state index contributed by atoms with van der Waals surface area (Å²) in [4.78, 5) is 11.9. The molecule has 0 fully saturated rings. The maximum absolute atomic E-state index is 11.0. The number of fused-ring (bicyclic) bond motifs is 18. The van der Waals surface area contributed by atoms with Crippen molar-refractivity contribution >= 4 is 131 Å². The highest BCUT2D eigenvalue weighted by Gasteiger charge is 2.36. The molecule has 23 aromatic rings. The first kappa shape index (κ1) is 88.7. The van der Waals surface area contributed by atoms with Crippen molar-refractivity contribution in [3.8, 4) is 98.4 Å². The van der Waals surface area contributed by atoms with Gasteiger partial charge < -0.3 is 18.3 Å². The average molecular weight is 1810 g/mol. The summed E-state index contributed by atoms with van der Waals surface area (Å²) < 4.78 is 14.4. The molecule has 0 bridgehead atoms. The first-order valence-electron chi connectivity index (χ1n) is 48.5. The summed E-state index contributed by atoms with van der Waals surface area (Å²) in [6.45, 7) is 40.8. The fraction of sp³-hybridized carbons (Fsp3) is 0.186. The Hall–Kier alpha value is -16.6. The molecule has 0 radical (unpaired) electrons. The van der Waals surface area contributed by atoms with E-state index in [0.29, 0.717) is 22.3 Å². The summed E-state index contributed by atoms with van der Waals surface area (Å²) in [6, 6.07) is 123. The number of nitriles is 3. The summed E-state index contributed by atoms with van der Waals surface area (Å²) >= 11 is 0. The van der Waals surface area contributed by atoms with Gasteiger partial charge in [-0.25, -0.2) is 9.97 Å². The van der Waals surface area contributed by atoms with Crippen LogP contribution in [0, 0.1) is 46.3 Å². The molecule has 0 atom stereocenters. The monoisotopic (exact) mass is 1810 g/mol. The summed E-state index contributed by atoms with van der Waals surface area (Å²) in [5.41, 5.74) is 29.9. The summed E-state index contributed by atoms with van der Waals surface area (Å²) in [7, 11) is 0. The Morgan fingerprint density at radius 3 is 0.829 bits per heavy atom. The van der Waals surface area contributed by atoms with Crippen LogP contribution in [0.2, 0.25) is 0 Å². The van der Waals surface area contributed by atoms with Crippen molar-refractivity contribution in [1.29, 1.82) is 15.8 Å². The van der Waals surface area contributed by atoms with Crippen LogP contribution in [0.1, 0.15) is 180 Å². The molecule has 0 aliphatic carbocycles. The number of hydrogen-bond donors (Lipinski definition) is 0. The topological polar surface area (TPSA) is 127 Å². The van der Waals surface area contributed by atoms with Gasteiger partial charge >= 0.3 is 0 Å². The lowest BCUT2D eigenvalue weighted by atomic mass is 9.86.